The lowest BCUT2D eigenvalue weighted by Gasteiger charge is -2.27. The molecule has 0 spiro atoms. The fourth-order valence-electron chi connectivity index (χ4n) is 4.73. The molecule has 2 bridgehead atoms. The number of amides is 1. The summed E-state index contributed by atoms with van der Waals surface area (Å²) in [6.07, 6.45) is 0.412. The van der Waals surface area contributed by atoms with Crippen LogP contribution in [0.5, 0.6) is 5.88 Å². The Labute approximate surface area is 185 Å². The van der Waals surface area contributed by atoms with Gasteiger partial charge in [-0.25, -0.2) is 18.1 Å². The first-order chi connectivity index (χ1) is 15.2. The van der Waals surface area contributed by atoms with Crippen molar-refractivity contribution in [3.05, 3.63) is 79.9 Å². The largest absolute Gasteiger partial charge is 0.493 e. The van der Waals surface area contributed by atoms with Gasteiger partial charge in [0.1, 0.15) is 23.4 Å². The van der Waals surface area contributed by atoms with Crippen LogP contribution in [-0.2, 0) is 0 Å². The Morgan fingerprint density at radius 2 is 1.94 bits per heavy atom. The highest BCUT2D eigenvalue weighted by molar-refractivity contribution is 6.32. The molecular formula is C22H15ClF2N4O3. The van der Waals surface area contributed by atoms with Crippen molar-refractivity contribution >= 4 is 17.5 Å². The number of benzene rings is 2. The Bertz CT molecular complexity index is 1400. The molecule has 3 aromatic rings. The van der Waals surface area contributed by atoms with Crippen LogP contribution in [0.1, 0.15) is 45.7 Å². The van der Waals surface area contributed by atoms with Gasteiger partial charge in [0.2, 0.25) is 5.88 Å². The highest BCUT2D eigenvalue weighted by Gasteiger charge is 2.49. The number of fused-ring (bicyclic) bond motifs is 5. The zero-order chi connectivity index (χ0) is 22.9. The van der Waals surface area contributed by atoms with Crippen LogP contribution in [0.15, 0.2) is 35.1 Å². The summed E-state index contributed by atoms with van der Waals surface area (Å²) in [5.41, 5.74) is 0.642. The van der Waals surface area contributed by atoms with Crippen LogP contribution in [0.4, 0.5) is 8.78 Å². The third-order valence-electron chi connectivity index (χ3n) is 6.15. The molecule has 3 heterocycles. The Kier molecular flexibility index (Phi) is 4.39. The second-order valence-electron chi connectivity index (χ2n) is 7.90. The van der Waals surface area contributed by atoms with E-state index in [1.807, 2.05) is 6.07 Å². The number of hydrogen-bond acceptors (Lipinski definition) is 4. The van der Waals surface area contributed by atoms with Crippen LogP contribution in [0.25, 0.3) is 5.69 Å². The second-order valence-corrected chi connectivity index (χ2v) is 8.28. The van der Waals surface area contributed by atoms with E-state index in [9.17, 15) is 23.5 Å². The first-order valence-electron chi connectivity index (χ1n) is 9.75. The summed E-state index contributed by atoms with van der Waals surface area (Å²) in [5, 5.41) is 20.3. The SMILES string of the molecule is Cc1c(-n2c(O)c3n(c2=O)[C@@H]2CC3N(C(=O)c3cc(F)cc(F)c3)C2)ccc(C#N)c1Cl. The summed E-state index contributed by atoms with van der Waals surface area (Å²) < 4.78 is 29.8. The minimum atomic E-state index is -0.864. The van der Waals surface area contributed by atoms with Crippen LogP contribution in [0.3, 0.4) is 0 Å². The molecule has 2 aromatic carbocycles. The molecule has 1 unspecified atom stereocenters. The van der Waals surface area contributed by atoms with E-state index in [1.165, 1.54) is 21.6 Å². The van der Waals surface area contributed by atoms with Crippen molar-refractivity contribution in [1.82, 2.24) is 14.0 Å². The molecule has 2 atom stereocenters. The zero-order valence-electron chi connectivity index (χ0n) is 16.6. The first-order valence-corrected chi connectivity index (χ1v) is 10.1. The quantitative estimate of drug-likeness (QED) is 0.638. The third kappa shape index (κ3) is 2.69. The van der Waals surface area contributed by atoms with Gasteiger partial charge in [-0.15, -0.1) is 0 Å². The standard InChI is InChI=1S/C22H15ClF2N4O3/c1-10-16(3-2-11(8-26)18(10)23)29-21(31)19-17-7-15(28(19)22(29)32)9-27(17)20(30)12-4-13(24)6-14(25)5-12/h2-6,15,17,31H,7,9H2,1H3/t15-,17?/m1/s1. The van der Waals surface area contributed by atoms with E-state index in [-0.39, 0.29) is 40.3 Å². The average molecular weight is 457 g/mol. The van der Waals surface area contributed by atoms with Gasteiger partial charge in [-0.3, -0.25) is 9.36 Å². The van der Waals surface area contributed by atoms with Gasteiger partial charge >= 0.3 is 5.69 Å². The minimum absolute atomic E-state index is 0.141. The Hall–Kier alpha value is -3.64. The molecule has 10 heteroatoms. The smallest absolute Gasteiger partial charge is 0.336 e. The van der Waals surface area contributed by atoms with Crippen molar-refractivity contribution < 1.29 is 18.7 Å². The maximum absolute atomic E-state index is 13.6. The molecule has 1 aromatic heterocycles. The average Bonchev–Trinajstić information content (AvgIpc) is 3.41. The summed E-state index contributed by atoms with van der Waals surface area (Å²) in [6, 6.07) is 6.54. The molecule has 2 aliphatic rings. The van der Waals surface area contributed by atoms with E-state index in [2.05, 4.69) is 0 Å². The van der Waals surface area contributed by atoms with E-state index in [0.29, 0.717) is 23.7 Å². The van der Waals surface area contributed by atoms with Crippen LogP contribution >= 0.6 is 11.6 Å². The normalized spacial score (nSPS) is 18.7. The zero-order valence-corrected chi connectivity index (χ0v) is 17.4. The molecule has 1 saturated heterocycles. The molecule has 32 heavy (non-hydrogen) atoms. The number of aromatic nitrogens is 2. The van der Waals surface area contributed by atoms with Crippen molar-refractivity contribution in [3.8, 4) is 17.6 Å². The number of imidazole rings is 1. The second kappa shape index (κ2) is 6.93. The van der Waals surface area contributed by atoms with Crippen LogP contribution in [0, 0.1) is 29.9 Å². The van der Waals surface area contributed by atoms with Crippen molar-refractivity contribution in [2.75, 3.05) is 6.54 Å². The number of rotatable bonds is 2. The minimum Gasteiger partial charge on any atom is -0.493 e. The molecule has 1 N–H and O–H groups in total. The van der Waals surface area contributed by atoms with Crippen molar-refractivity contribution in [1.29, 1.82) is 5.26 Å². The van der Waals surface area contributed by atoms with E-state index in [1.54, 1.807) is 6.92 Å². The van der Waals surface area contributed by atoms with Gasteiger partial charge in [0.25, 0.3) is 5.91 Å². The number of nitrogens with zero attached hydrogens (tertiary/aromatic N) is 4. The van der Waals surface area contributed by atoms with E-state index in [0.717, 1.165) is 16.7 Å². The molecule has 5 rings (SSSR count). The van der Waals surface area contributed by atoms with E-state index in [4.69, 9.17) is 16.9 Å². The number of carbonyl (C=O) groups excluding carboxylic acids is 1. The number of carbonyl (C=O) groups is 1. The molecule has 162 valence electrons. The molecule has 0 radical (unpaired) electrons. The lowest BCUT2D eigenvalue weighted by atomic mass is 10.1. The van der Waals surface area contributed by atoms with Crippen molar-refractivity contribution in [3.63, 3.8) is 0 Å². The van der Waals surface area contributed by atoms with E-state index >= 15 is 0 Å². The lowest BCUT2D eigenvalue weighted by Crippen LogP contribution is -2.38. The fourth-order valence-corrected chi connectivity index (χ4v) is 4.94. The molecule has 2 aliphatic heterocycles. The van der Waals surface area contributed by atoms with Crippen LogP contribution in [-0.4, -0.2) is 31.6 Å². The predicted molar refractivity (Wildman–Crippen MR) is 110 cm³/mol. The highest BCUT2D eigenvalue weighted by atomic mass is 35.5. The number of nitriles is 1. The van der Waals surface area contributed by atoms with Gasteiger partial charge in [0.05, 0.1) is 28.4 Å². The van der Waals surface area contributed by atoms with Gasteiger partial charge in [-0.2, -0.15) is 5.26 Å². The van der Waals surface area contributed by atoms with Crippen LogP contribution < -0.4 is 5.69 Å². The number of halogens is 3. The van der Waals surface area contributed by atoms with Gasteiger partial charge in [0, 0.05) is 18.2 Å². The highest BCUT2D eigenvalue weighted by Crippen LogP contribution is 2.49. The van der Waals surface area contributed by atoms with Gasteiger partial charge < -0.3 is 10.0 Å². The number of likely N-dealkylation sites (tertiary alicyclic amines) is 1. The summed E-state index contributed by atoms with van der Waals surface area (Å²) in [5.74, 6) is -2.65. The Balaban J connectivity index is 1.59. The summed E-state index contributed by atoms with van der Waals surface area (Å²) in [4.78, 5) is 27.6. The van der Waals surface area contributed by atoms with Crippen molar-refractivity contribution in [2.45, 2.75) is 25.4 Å². The molecule has 0 aliphatic carbocycles. The maximum atomic E-state index is 13.6. The van der Waals surface area contributed by atoms with Gasteiger partial charge in [0.15, 0.2) is 0 Å². The summed E-state index contributed by atoms with van der Waals surface area (Å²) in [7, 11) is 0. The number of aromatic hydroxyl groups is 1. The lowest BCUT2D eigenvalue weighted by molar-refractivity contribution is 0.0710. The Morgan fingerprint density at radius 3 is 2.59 bits per heavy atom. The molecule has 0 saturated carbocycles. The molecule has 1 fully saturated rings. The summed E-state index contributed by atoms with van der Waals surface area (Å²) >= 11 is 6.23. The molecule has 1 amide bonds. The molecule has 7 nitrogen and oxygen atoms in total. The molecular weight excluding hydrogens is 442 g/mol. The van der Waals surface area contributed by atoms with Gasteiger partial charge in [-0.1, -0.05) is 11.6 Å². The predicted octanol–water partition coefficient (Wildman–Crippen LogP) is 3.60. The monoisotopic (exact) mass is 456 g/mol. The van der Waals surface area contributed by atoms with Crippen molar-refractivity contribution in [2.24, 2.45) is 0 Å². The topological polar surface area (TPSA) is 91.3 Å². The first kappa shape index (κ1) is 20.3. The summed E-state index contributed by atoms with van der Waals surface area (Å²) in [6.45, 7) is 1.81. The van der Waals surface area contributed by atoms with E-state index < -0.39 is 29.3 Å². The maximum Gasteiger partial charge on any atom is 0.336 e. The van der Waals surface area contributed by atoms with Crippen LogP contribution in [0.2, 0.25) is 5.02 Å². The van der Waals surface area contributed by atoms with Gasteiger partial charge in [-0.05, 0) is 43.2 Å². The Morgan fingerprint density at radius 1 is 1.25 bits per heavy atom. The third-order valence-corrected chi connectivity index (χ3v) is 6.63. The number of hydrogen-bond donors (Lipinski definition) is 1. The fraction of sp³-hybridized carbons (Fsp3) is 0.227.